The van der Waals surface area contributed by atoms with E-state index >= 15 is 8.78 Å². The van der Waals surface area contributed by atoms with Crippen molar-refractivity contribution in [3.05, 3.63) is 263 Å². The van der Waals surface area contributed by atoms with Gasteiger partial charge < -0.3 is 9.80 Å². The largest absolute Gasteiger partial charge is 0.307 e. The van der Waals surface area contributed by atoms with Crippen LogP contribution in [0.1, 0.15) is 74.9 Å². The molecule has 0 heterocycles. The van der Waals surface area contributed by atoms with E-state index in [9.17, 15) is 0 Å². The molecule has 4 heteroatoms. The van der Waals surface area contributed by atoms with Gasteiger partial charge in [-0.25, -0.2) is 8.78 Å². The molecule has 0 aromatic heterocycles. The molecule has 0 aliphatic rings. The van der Waals surface area contributed by atoms with Gasteiger partial charge in [-0.2, -0.15) is 0 Å². The van der Waals surface area contributed by atoms with E-state index in [1.807, 2.05) is 48.5 Å². The van der Waals surface area contributed by atoms with Gasteiger partial charge in [-0.05, 0) is 187 Å². The fourth-order valence-electron chi connectivity index (χ4n) is 12.1. The Balaban J connectivity index is 1.15. The van der Waals surface area contributed by atoms with Crippen molar-refractivity contribution in [2.24, 2.45) is 0 Å². The van der Waals surface area contributed by atoms with E-state index in [4.69, 9.17) is 0 Å². The molecule has 80 heavy (non-hydrogen) atoms. The van der Waals surface area contributed by atoms with E-state index in [1.165, 1.54) is 11.1 Å². The maximum atomic E-state index is 18.3. The maximum absolute atomic E-state index is 18.3. The summed E-state index contributed by atoms with van der Waals surface area (Å²) in [7, 11) is 0. The van der Waals surface area contributed by atoms with Crippen molar-refractivity contribution in [1.82, 2.24) is 0 Å². The summed E-state index contributed by atoms with van der Waals surface area (Å²) in [5.74, 6) is -0.658. The molecule has 0 spiro atoms. The Kier molecular flexibility index (Phi) is 13.0. The first kappa shape index (κ1) is 51.9. The lowest BCUT2D eigenvalue weighted by Gasteiger charge is -2.32. The van der Waals surface area contributed by atoms with Crippen molar-refractivity contribution in [2.45, 2.75) is 80.1 Å². The monoisotopic (exact) mass is 1040 g/mol. The minimum Gasteiger partial charge on any atom is -0.307 e. The van der Waals surface area contributed by atoms with E-state index < -0.39 is 0 Å². The Morgan fingerprint density at radius 1 is 0.312 bits per heavy atom. The van der Waals surface area contributed by atoms with Gasteiger partial charge in [-0.15, -0.1) is 0 Å². The summed E-state index contributed by atoms with van der Waals surface area (Å²) in [5.41, 5.74) is 17.8. The first-order valence-electron chi connectivity index (χ1n) is 27.9. The average molecular weight is 1050 g/mol. The smallest absolute Gasteiger partial charge is 0.148 e. The molecule has 0 saturated heterocycles. The van der Waals surface area contributed by atoms with Crippen molar-refractivity contribution in [3.63, 3.8) is 0 Å². The Bertz CT molecular complexity index is 4050. The highest BCUT2D eigenvalue weighted by atomic mass is 19.1. The second kappa shape index (κ2) is 20.1. The van der Waals surface area contributed by atoms with Crippen molar-refractivity contribution in [1.29, 1.82) is 0 Å². The Hall–Kier alpha value is -8.86. The lowest BCUT2D eigenvalue weighted by atomic mass is 9.86. The van der Waals surface area contributed by atoms with Gasteiger partial charge in [0.15, 0.2) is 0 Å². The third-order valence-corrected chi connectivity index (χ3v) is 16.4. The highest BCUT2D eigenvalue weighted by molar-refractivity contribution is 6.28. The van der Waals surface area contributed by atoms with Crippen LogP contribution in [0.15, 0.2) is 218 Å². The zero-order valence-corrected chi connectivity index (χ0v) is 47.4. The topological polar surface area (TPSA) is 6.48 Å². The zero-order chi connectivity index (χ0) is 55.8. The molecule has 0 radical (unpaired) electrons. The van der Waals surface area contributed by atoms with Crippen LogP contribution in [0.5, 0.6) is 0 Å². The highest BCUT2D eigenvalue weighted by Gasteiger charge is 2.30. The molecule has 0 N–H and O–H groups in total. The van der Waals surface area contributed by atoms with Crippen LogP contribution in [-0.2, 0) is 10.8 Å². The minimum atomic E-state index is -0.329. The molecule has 394 valence electrons. The van der Waals surface area contributed by atoms with Crippen molar-refractivity contribution >= 4 is 66.4 Å². The summed E-state index contributed by atoms with van der Waals surface area (Å²) in [6.45, 7) is 21.7. The van der Waals surface area contributed by atoms with Crippen LogP contribution in [0.3, 0.4) is 0 Å². The van der Waals surface area contributed by atoms with E-state index in [1.54, 1.807) is 12.1 Å². The molecular formula is C76H66F2N2. The summed E-state index contributed by atoms with van der Waals surface area (Å²) in [4.78, 5) is 4.28. The Morgan fingerprint density at radius 3 is 0.950 bits per heavy atom. The molecule has 0 aliphatic carbocycles. The van der Waals surface area contributed by atoms with E-state index in [2.05, 4.69) is 237 Å². The van der Waals surface area contributed by atoms with Gasteiger partial charge in [0, 0.05) is 33.3 Å². The molecule has 12 aromatic carbocycles. The van der Waals surface area contributed by atoms with Crippen LogP contribution in [0.25, 0.3) is 76.8 Å². The van der Waals surface area contributed by atoms with Gasteiger partial charge in [-0.3, -0.25) is 0 Å². The van der Waals surface area contributed by atoms with E-state index in [0.717, 1.165) is 122 Å². The Labute approximate surface area is 470 Å². The van der Waals surface area contributed by atoms with E-state index in [0.29, 0.717) is 11.4 Å². The molecule has 12 rings (SSSR count). The molecule has 12 aromatic rings. The zero-order valence-electron chi connectivity index (χ0n) is 47.4. The molecule has 0 aliphatic heterocycles. The van der Waals surface area contributed by atoms with Crippen molar-refractivity contribution < 1.29 is 8.78 Å². The molecule has 0 saturated carbocycles. The summed E-state index contributed by atoms with van der Waals surface area (Å²) >= 11 is 0. The number of rotatable bonds is 10. The van der Waals surface area contributed by atoms with Crippen molar-refractivity contribution in [2.75, 3.05) is 9.80 Å². The number of halogens is 2. The third kappa shape index (κ3) is 9.17. The summed E-state index contributed by atoms with van der Waals surface area (Å²) in [6.07, 6.45) is 0. The van der Waals surface area contributed by atoms with E-state index in [-0.39, 0.29) is 22.5 Å². The highest BCUT2D eigenvalue weighted by Crippen LogP contribution is 2.53. The lowest BCUT2D eigenvalue weighted by Crippen LogP contribution is -2.16. The fraction of sp³-hybridized carbons (Fsp3) is 0.158. The van der Waals surface area contributed by atoms with Crippen LogP contribution >= 0.6 is 0 Å². The SMILES string of the molecule is Cc1ccccc1-c1cc(F)c(N(c2ccc(C(C)(C)C)cc2)c2ccc3ccc4c(N(c5ccc(C(C)(C)C)cc5)c5c(F)cc(-c6ccccc6C)cc5-c5ccccc5C)ccc5ccc2c3c54)c(-c2ccccc2C)c1. The predicted octanol–water partition coefficient (Wildman–Crippen LogP) is 22.3. The summed E-state index contributed by atoms with van der Waals surface area (Å²) in [5, 5.41) is 6.11. The molecule has 2 nitrogen and oxygen atoms in total. The summed E-state index contributed by atoms with van der Waals surface area (Å²) < 4.78 is 36.5. The first-order valence-corrected chi connectivity index (χ1v) is 27.9. The average Bonchev–Trinajstić information content (AvgIpc) is 3.63. The van der Waals surface area contributed by atoms with Gasteiger partial charge in [-0.1, -0.05) is 199 Å². The Morgan fingerprint density at radius 2 is 0.625 bits per heavy atom. The van der Waals surface area contributed by atoms with Gasteiger partial charge in [0.2, 0.25) is 0 Å². The van der Waals surface area contributed by atoms with Crippen LogP contribution in [0, 0.1) is 39.3 Å². The number of hydrogen-bond acceptors (Lipinski definition) is 2. The molecule has 0 amide bonds. The van der Waals surface area contributed by atoms with Crippen LogP contribution in [-0.4, -0.2) is 0 Å². The normalized spacial score (nSPS) is 12.0. The number of aryl methyl sites for hydroxylation is 4. The standard InChI is InChI=1S/C76H66F2N2/c1-47-19-11-15-23-59(47)53-43-65(61-25-17-13-21-49(61)3)73(67(77)45-53)79(57-35-31-55(32-36-57)75(5,6)7)69-41-29-51-28-40-64-70(42-30-52-27-39-63(69)71(51)72(52)64)80(58-37-33-56(34-38-58)76(8,9)10)74-66(62-26-18-14-22-50(62)4)44-54(46-68(74)78)60-24-16-12-20-48(60)2/h11-46H,1-10H3. The third-order valence-electron chi connectivity index (χ3n) is 16.4. The number of nitrogens with zero attached hydrogens (tertiary/aromatic N) is 2. The van der Waals surface area contributed by atoms with Gasteiger partial charge in [0.1, 0.15) is 11.6 Å². The lowest BCUT2D eigenvalue weighted by molar-refractivity contribution is 0.590. The molecular weight excluding hydrogens is 979 g/mol. The second-order valence-corrected chi connectivity index (χ2v) is 23.8. The number of anilines is 6. The maximum Gasteiger partial charge on any atom is 0.148 e. The fourth-order valence-corrected chi connectivity index (χ4v) is 12.1. The van der Waals surface area contributed by atoms with Crippen LogP contribution in [0.2, 0.25) is 0 Å². The van der Waals surface area contributed by atoms with Crippen molar-refractivity contribution in [3.8, 4) is 44.5 Å². The van der Waals surface area contributed by atoms with Gasteiger partial charge in [0.05, 0.1) is 22.7 Å². The molecule has 0 unspecified atom stereocenters. The van der Waals surface area contributed by atoms with Crippen LogP contribution < -0.4 is 9.80 Å². The second-order valence-electron chi connectivity index (χ2n) is 23.8. The number of benzene rings is 12. The molecule has 0 bridgehead atoms. The molecule has 0 atom stereocenters. The van der Waals surface area contributed by atoms with Gasteiger partial charge >= 0.3 is 0 Å². The molecule has 0 fully saturated rings. The quantitative estimate of drug-likeness (QED) is 0.126. The van der Waals surface area contributed by atoms with Crippen LogP contribution in [0.4, 0.5) is 42.9 Å². The summed E-state index contributed by atoms with van der Waals surface area (Å²) in [6, 6.07) is 75.4. The number of hydrogen-bond donors (Lipinski definition) is 0. The predicted molar refractivity (Wildman–Crippen MR) is 338 cm³/mol. The minimum absolute atomic E-state index is 0.101. The first-order chi connectivity index (χ1) is 38.4. The van der Waals surface area contributed by atoms with Gasteiger partial charge in [0.25, 0.3) is 0 Å².